The summed E-state index contributed by atoms with van der Waals surface area (Å²) in [5, 5.41) is 58.7. The second-order valence-electron chi connectivity index (χ2n) is 7.12. The second kappa shape index (κ2) is 10.4. The number of phenols is 3. The van der Waals surface area contributed by atoms with Gasteiger partial charge in [0, 0.05) is 0 Å². The molecule has 10 nitrogen and oxygen atoms in total. The summed E-state index contributed by atoms with van der Waals surface area (Å²) >= 11 is 0. The van der Waals surface area contributed by atoms with Gasteiger partial charge in [-0.15, -0.1) is 0 Å². The maximum absolute atomic E-state index is 12.2. The number of aliphatic hydroxyl groups excluding tert-OH is 3. The number of aliphatic hydroxyl groups is 3. The molecular formula is C22H24O10. The fourth-order valence-corrected chi connectivity index (χ4v) is 3.05. The summed E-state index contributed by atoms with van der Waals surface area (Å²) in [6.07, 6.45) is -3.76. The standard InChI is InChI=1S/C22H24O10/c23-14-9-13(10-15(24)17(14)25)21(29)31-11-16-18(26)19(27)20(28)22(32-16)30-8-4-7-12-5-2-1-3-6-12/h1-7,9-10,16,18-20,22-28H,8,11H2/t16-,18-,19+,20-,22-/m0/s1. The number of carbonyl (C=O) groups is 1. The fraction of sp³-hybridized carbons (Fsp3) is 0.318. The summed E-state index contributed by atoms with van der Waals surface area (Å²) in [6.45, 7) is -0.482. The van der Waals surface area contributed by atoms with Crippen LogP contribution in [0.25, 0.3) is 6.08 Å². The highest BCUT2D eigenvalue weighted by Crippen LogP contribution is 2.35. The molecule has 2 aromatic rings. The predicted molar refractivity (Wildman–Crippen MR) is 110 cm³/mol. The number of benzene rings is 2. The van der Waals surface area contributed by atoms with Gasteiger partial charge in [0.1, 0.15) is 31.0 Å². The van der Waals surface area contributed by atoms with Gasteiger partial charge in [-0.25, -0.2) is 4.79 Å². The van der Waals surface area contributed by atoms with Crippen LogP contribution in [-0.2, 0) is 14.2 Å². The first-order valence-corrected chi connectivity index (χ1v) is 9.73. The molecule has 1 saturated heterocycles. The molecule has 0 unspecified atom stereocenters. The minimum atomic E-state index is -1.61. The zero-order valence-corrected chi connectivity index (χ0v) is 16.8. The van der Waals surface area contributed by atoms with E-state index in [-0.39, 0.29) is 12.2 Å². The first-order valence-electron chi connectivity index (χ1n) is 9.73. The van der Waals surface area contributed by atoms with Crippen LogP contribution in [0.15, 0.2) is 48.5 Å². The Morgan fingerprint density at radius 1 is 0.969 bits per heavy atom. The summed E-state index contributed by atoms with van der Waals surface area (Å²) in [6, 6.07) is 11.2. The smallest absolute Gasteiger partial charge is 0.338 e. The molecule has 0 aromatic heterocycles. The van der Waals surface area contributed by atoms with Crippen molar-refractivity contribution in [2.24, 2.45) is 0 Å². The van der Waals surface area contributed by atoms with E-state index in [0.29, 0.717) is 0 Å². The molecule has 6 N–H and O–H groups in total. The zero-order chi connectivity index (χ0) is 23.3. The Bertz CT molecular complexity index is 922. The molecule has 0 bridgehead atoms. The van der Waals surface area contributed by atoms with Gasteiger partial charge in [0.05, 0.1) is 12.2 Å². The van der Waals surface area contributed by atoms with E-state index >= 15 is 0 Å². The van der Waals surface area contributed by atoms with Gasteiger partial charge in [-0.05, 0) is 17.7 Å². The normalized spacial score (nSPS) is 25.7. The SMILES string of the molecule is O=C(OC[C@@H]1O[C@H](OCC=Cc2ccccc2)[C@@H](O)[C@H](O)[C@H]1O)c1cc(O)c(O)c(O)c1. The average Bonchev–Trinajstić information content (AvgIpc) is 2.79. The lowest BCUT2D eigenvalue weighted by molar-refractivity contribution is -0.298. The van der Waals surface area contributed by atoms with E-state index in [1.165, 1.54) is 0 Å². The summed E-state index contributed by atoms with van der Waals surface area (Å²) < 4.78 is 15.9. The summed E-state index contributed by atoms with van der Waals surface area (Å²) in [5.41, 5.74) is 0.676. The van der Waals surface area contributed by atoms with Crippen molar-refractivity contribution < 1.29 is 49.6 Å². The molecule has 1 fully saturated rings. The van der Waals surface area contributed by atoms with Crippen molar-refractivity contribution in [2.75, 3.05) is 13.2 Å². The Morgan fingerprint density at radius 2 is 1.62 bits per heavy atom. The third-order valence-corrected chi connectivity index (χ3v) is 4.82. The Morgan fingerprint density at radius 3 is 2.28 bits per heavy atom. The number of phenolic OH excluding ortho intramolecular Hbond substituents is 3. The van der Waals surface area contributed by atoms with E-state index in [1.807, 2.05) is 30.3 Å². The molecule has 172 valence electrons. The number of ether oxygens (including phenoxy) is 3. The second-order valence-corrected chi connectivity index (χ2v) is 7.12. The van der Waals surface area contributed by atoms with Crippen LogP contribution in [0.3, 0.4) is 0 Å². The van der Waals surface area contributed by atoms with Crippen LogP contribution >= 0.6 is 0 Å². The van der Waals surface area contributed by atoms with Gasteiger partial charge in [0.15, 0.2) is 23.5 Å². The molecule has 3 rings (SSSR count). The minimum absolute atomic E-state index is 0.0397. The quantitative estimate of drug-likeness (QED) is 0.259. The lowest BCUT2D eigenvalue weighted by Gasteiger charge is -2.39. The number of rotatable bonds is 7. The number of aromatic hydroxyl groups is 3. The number of carbonyl (C=O) groups excluding carboxylic acids is 1. The van der Waals surface area contributed by atoms with Crippen molar-refractivity contribution in [3.63, 3.8) is 0 Å². The molecule has 1 heterocycles. The number of hydrogen-bond acceptors (Lipinski definition) is 10. The summed E-state index contributed by atoms with van der Waals surface area (Å²) in [7, 11) is 0. The third-order valence-electron chi connectivity index (χ3n) is 4.82. The van der Waals surface area contributed by atoms with Crippen LogP contribution in [0.2, 0.25) is 0 Å². The first-order chi connectivity index (χ1) is 15.3. The van der Waals surface area contributed by atoms with Gasteiger partial charge in [-0.3, -0.25) is 0 Å². The van der Waals surface area contributed by atoms with E-state index in [1.54, 1.807) is 12.2 Å². The molecule has 0 aliphatic carbocycles. The van der Waals surface area contributed by atoms with Gasteiger partial charge in [-0.2, -0.15) is 0 Å². The lowest BCUT2D eigenvalue weighted by Crippen LogP contribution is -2.59. The molecule has 5 atom stereocenters. The molecule has 10 heteroatoms. The maximum atomic E-state index is 12.2. The Hall–Kier alpha value is -3.15. The molecule has 32 heavy (non-hydrogen) atoms. The number of esters is 1. The highest BCUT2D eigenvalue weighted by Gasteiger charge is 2.44. The van der Waals surface area contributed by atoms with Crippen molar-refractivity contribution >= 4 is 12.0 Å². The van der Waals surface area contributed by atoms with Crippen LogP contribution in [0, 0.1) is 0 Å². The van der Waals surface area contributed by atoms with E-state index < -0.39 is 60.5 Å². The molecule has 0 amide bonds. The van der Waals surface area contributed by atoms with Crippen LogP contribution in [0.5, 0.6) is 17.2 Å². The van der Waals surface area contributed by atoms with Gasteiger partial charge < -0.3 is 44.8 Å². The Kier molecular flexibility index (Phi) is 7.67. The van der Waals surface area contributed by atoms with Crippen molar-refractivity contribution in [1.82, 2.24) is 0 Å². The zero-order valence-electron chi connectivity index (χ0n) is 16.8. The topological polar surface area (TPSA) is 166 Å². The highest BCUT2D eigenvalue weighted by molar-refractivity contribution is 5.91. The van der Waals surface area contributed by atoms with Crippen molar-refractivity contribution in [2.45, 2.75) is 30.7 Å². The van der Waals surface area contributed by atoms with E-state index in [2.05, 4.69) is 0 Å². The van der Waals surface area contributed by atoms with E-state index in [9.17, 15) is 35.4 Å². The lowest BCUT2D eigenvalue weighted by atomic mass is 9.99. The largest absolute Gasteiger partial charge is 0.504 e. The maximum Gasteiger partial charge on any atom is 0.338 e. The monoisotopic (exact) mass is 448 g/mol. The molecule has 1 aliphatic rings. The Labute approximate surface area is 183 Å². The summed E-state index contributed by atoms with van der Waals surface area (Å²) in [4.78, 5) is 12.2. The minimum Gasteiger partial charge on any atom is -0.504 e. The van der Waals surface area contributed by atoms with Crippen LogP contribution in [0.1, 0.15) is 15.9 Å². The third kappa shape index (κ3) is 5.55. The van der Waals surface area contributed by atoms with Crippen LogP contribution < -0.4 is 0 Å². The van der Waals surface area contributed by atoms with Crippen molar-refractivity contribution in [3.05, 3.63) is 59.7 Å². The van der Waals surface area contributed by atoms with Crippen LogP contribution in [0.4, 0.5) is 0 Å². The van der Waals surface area contributed by atoms with E-state index in [0.717, 1.165) is 17.7 Å². The Balaban J connectivity index is 1.57. The van der Waals surface area contributed by atoms with Gasteiger partial charge in [0.25, 0.3) is 0 Å². The molecule has 0 saturated carbocycles. The predicted octanol–water partition coefficient (Wildman–Crippen LogP) is 0.498. The van der Waals surface area contributed by atoms with Crippen LogP contribution in [-0.4, -0.2) is 80.5 Å². The molecule has 2 aromatic carbocycles. The molecule has 0 radical (unpaired) electrons. The number of hydrogen-bond donors (Lipinski definition) is 6. The molecule has 1 aliphatic heterocycles. The first kappa shape index (κ1) is 23.5. The highest BCUT2D eigenvalue weighted by atomic mass is 16.7. The molecule has 0 spiro atoms. The van der Waals surface area contributed by atoms with Crippen molar-refractivity contribution in [3.8, 4) is 17.2 Å². The van der Waals surface area contributed by atoms with Gasteiger partial charge in [-0.1, -0.05) is 42.5 Å². The van der Waals surface area contributed by atoms with E-state index in [4.69, 9.17) is 14.2 Å². The average molecular weight is 448 g/mol. The van der Waals surface area contributed by atoms with Gasteiger partial charge >= 0.3 is 5.97 Å². The van der Waals surface area contributed by atoms with Crippen molar-refractivity contribution in [1.29, 1.82) is 0 Å². The fourth-order valence-electron chi connectivity index (χ4n) is 3.05. The summed E-state index contributed by atoms with van der Waals surface area (Å²) in [5.74, 6) is -3.22. The van der Waals surface area contributed by atoms with Gasteiger partial charge in [0.2, 0.25) is 0 Å². The molecular weight excluding hydrogens is 424 g/mol.